The summed E-state index contributed by atoms with van der Waals surface area (Å²) in [6.45, 7) is 0. The molecule has 1 aliphatic carbocycles. The van der Waals surface area contributed by atoms with E-state index in [0.29, 0.717) is 6.04 Å². The van der Waals surface area contributed by atoms with Crippen LogP contribution in [0.25, 0.3) is 0 Å². The molecule has 3 aliphatic rings. The molecule has 0 radical (unpaired) electrons. The molecule has 0 N–H and O–H groups in total. The van der Waals surface area contributed by atoms with Crippen LogP contribution in [0.3, 0.4) is 0 Å². The van der Waals surface area contributed by atoms with Crippen LogP contribution < -0.4 is 4.90 Å². The van der Waals surface area contributed by atoms with Crippen LogP contribution in [0, 0.1) is 11.7 Å². The number of rotatable bonds is 1. The van der Waals surface area contributed by atoms with Crippen molar-refractivity contribution in [2.75, 3.05) is 4.90 Å². The van der Waals surface area contributed by atoms with Crippen LogP contribution in [-0.4, -0.2) is 11.9 Å². The lowest BCUT2D eigenvalue weighted by molar-refractivity contribution is -0.119. The minimum absolute atomic E-state index is 0.210. The van der Waals surface area contributed by atoms with Gasteiger partial charge in [-0.3, -0.25) is 4.79 Å². The molecule has 3 heteroatoms. The van der Waals surface area contributed by atoms with Crippen molar-refractivity contribution in [2.24, 2.45) is 5.92 Å². The van der Waals surface area contributed by atoms with Gasteiger partial charge in [-0.25, -0.2) is 4.39 Å². The van der Waals surface area contributed by atoms with Crippen molar-refractivity contribution in [1.29, 1.82) is 0 Å². The monoisotopic (exact) mass is 191 g/mol. The van der Waals surface area contributed by atoms with Gasteiger partial charge < -0.3 is 4.90 Å². The molecular weight excluding hydrogens is 181 g/mol. The Labute approximate surface area is 81.3 Å². The number of nitrogens with zero attached hydrogens (tertiary/aromatic N) is 1. The Balaban J connectivity index is 1.96. The topological polar surface area (TPSA) is 20.3 Å². The predicted molar refractivity (Wildman–Crippen MR) is 50.4 cm³/mol. The van der Waals surface area contributed by atoms with Crippen molar-refractivity contribution in [3.05, 3.63) is 30.1 Å². The normalized spacial score (nSPS) is 29.2. The van der Waals surface area contributed by atoms with E-state index in [0.717, 1.165) is 18.5 Å². The smallest absolute Gasteiger partial charge is 0.230 e. The third kappa shape index (κ3) is 0.924. The second kappa shape index (κ2) is 2.56. The summed E-state index contributed by atoms with van der Waals surface area (Å²) in [6.07, 6.45) is 1.96. The number of fused-ring (bicyclic) bond motifs is 1. The van der Waals surface area contributed by atoms with Gasteiger partial charge in [0.1, 0.15) is 5.82 Å². The second-order valence-electron chi connectivity index (χ2n) is 4.01. The first-order chi connectivity index (χ1) is 6.75. The number of halogens is 1. The molecule has 0 unspecified atom stereocenters. The zero-order valence-electron chi connectivity index (χ0n) is 7.61. The van der Waals surface area contributed by atoms with Crippen molar-refractivity contribution in [2.45, 2.75) is 18.9 Å². The third-order valence-corrected chi connectivity index (χ3v) is 3.17. The van der Waals surface area contributed by atoms with Gasteiger partial charge >= 0.3 is 0 Å². The fraction of sp³-hybridized carbons (Fsp3) is 0.364. The van der Waals surface area contributed by atoms with Gasteiger partial charge in [-0.15, -0.1) is 0 Å². The van der Waals surface area contributed by atoms with Gasteiger partial charge in [0, 0.05) is 17.6 Å². The zero-order valence-corrected chi connectivity index (χ0v) is 7.61. The summed E-state index contributed by atoms with van der Waals surface area (Å²) >= 11 is 0. The van der Waals surface area contributed by atoms with Crippen molar-refractivity contribution < 1.29 is 9.18 Å². The maximum atomic E-state index is 12.7. The van der Waals surface area contributed by atoms with Crippen LogP contribution in [0.1, 0.15) is 12.8 Å². The quantitative estimate of drug-likeness (QED) is 0.664. The van der Waals surface area contributed by atoms with Gasteiger partial charge in [0.25, 0.3) is 0 Å². The highest BCUT2D eigenvalue weighted by Crippen LogP contribution is 2.44. The summed E-state index contributed by atoms with van der Waals surface area (Å²) < 4.78 is 12.7. The molecular formula is C11H10FNO. The Morgan fingerprint density at radius 1 is 1.21 bits per heavy atom. The van der Waals surface area contributed by atoms with Gasteiger partial charge in [0.05, 0.1) is 0 Å². The number of amides is 1. The molecule has 4 rings (SSSR count). The van der Waals surface area contributed by atoms with Crippen molar-refractivity contribution >= 4 is 11.6 Å². The molecule has 14 heavy (non-hydrogen) atoms. The summed E-state index contributed by atoms with van der Waals surface area (Å²) in [5.41, 5.74) is 0.835. The van der Waals surface area contributed by atoms with Crippen LogP contribution in [-0.2, 0) is 4.79 Å². The summed E-state index contributed by atoms with van der Waals surface area (Å²) in [5, 5.41) is 0. The number of carbonyl (C=O) groups is 1. The molecule has 1 saturated carbocycles. The molecule has 2 nitrogen and oxygen atoms in total. The molecule has 1 amide bonds. The van der Waals surface area contributed by atoms with E-state index < -0.39 is 0 Å². The molecule has 1 aromatic carbocycles. The standard InChI is InChI=1S/C11H10FNO/c12-8-1-3-9(4-2-8)13-10-5-7(6-10)11(13)14/h1-4,7,10H,5-6H2. The highest BCUT2D eigenvalue weighted by atomic mass is 19.1. The minimum atomic E-state index is -0.257. The summed E-state index contributed by atoms with van der Waals surface area (Å²) in [6, 6.07) is 6.52. The van der Waals surface area contributed by atoms with E-state index >= 15 is 0 Å². The molecule has 2 bridgehead atoms. The fourth-order valence-corrected chi connectivity index (χ4v) is 2.32. The van der Waals surface area contributed by atoms with E-state index in [9.17, 15) is 9.18 Å². The Bertz CT molecular complexity index is 381. The Hall–Kier alpha value is -1.38. The van der Waals surface area contributed by atoms with Crippen molar-refractivity contribution in [1.82, 2.24) is 0 Å². The van der Waals surface area contributed by atoms with Crippen molar-refractivity contribution in [3.8, 4) is 0 Å². The molecule has 3 fully saturated rings. The Morgan fingerprint density at radius 2 is 1.86 bits per heavy atom. The molecule has 2 heterocycles. The third-order valence-electron chi connectivity index (χ3n) is 3.17. The lowest BCUT2D eigenvalue weighted by atomic mass is 9.86. The summed E-state index contributed by atoms with van der Waals surface area (Å²) in [4.78, 5) is 13.5. The second-order valence-corrected chi connectivity index (χ2v) is 4.01. The maximum absolute atomic E-state index is 12.7. The van der Waals surface area contributed by atoms with Crippen LogP contribution in [0.5, 0.6) is 0 Å². The first kappa shape index (κ1) is 7.97. The van der Waals surface area contributed by atoms with Gasteiger partial charge in [-0.1, -0.05) is 0 Å². The molecule has 0 atom stereocenters. The molecule has 2 saturated heterocycles. The summed E-state index contributed by atoms with van der Waals surface area (Å²) in [5.74, 6) is 0.194. The lowest BCUT2D eigenvalue weighted by Gasteiger charge is -2.24. The highest BCUT2D eigenvalue weighted by Gasteiger charge is 2.50. The van der Waals surface area contributed by atoms with Crippen LogP contribution >= 0.6 is 0 Å². The molecule has 1 aromatic rings. The van der Waals surface area contributed by atoms with Crippen LogP contribution in [0.2, 0.25) is 0 Å². The predicted octanol–water partition coefficient (Wildman–Crippen LogP) is 1.95. The van der Waals surface area contributed by atoms with E-state index in [-0.39, 0.29) is 17.6 Å². The first-order valence-corrected chi connectivity index (χ1v) is 4.84. The van der Waals surface area contributed by atoms with Gasteiger partial charge in [-0.05, 0) is 37.1 Å². The fourth-order valence-electron chi connectivity index (χ4n) is 2.32. The average molecular weight is 191 g/mol. The largest absolute Gasteiger partial charge is 0.309 e. The first-order valence-electron chi connectivity index (χ1n) is 4.84. The average Bonchev–Trinajstić information content (AvgIpc) is 2.57. The highest BCUT2D eigenvalue weighted by molar-refractivity contribution is 6.00. The van der Waals surface area contributed by atoms with Crippen molar-refractivity contribution in [3.63, 3.8) is 0 Å². The van der Waals surface area contributed by atoms with Crippen LogP contribution in [0.15, 0.2) is 24.3 Å². The van der Waals surface area contributed by atoms with E-state index in [2.05, 4.69) is 0 Å². The molecule has 0 aromatic heterocycles. The SMILES string of the molecule is O=C1C2CC(C2)N1c1ccc(F)cc1. The Morgan fingerprint density at radius 3 is 2.36 bits per heavy atom. The minimum Gasteiger partial charge on any atom is -0.309 e. The van der Waals surface area contributed by atoms with E-state index in [1.165, 1.54) is 12.1 Å². The summed E-state index contributed by atoms with van der Waals surface area (Å²) in [7, 11) is 0. The zero-order chi connectivity index (χ0) is 9.71. The van der Waals surface area contributed by atoms with Gasteiger partial charge in [0.2, 0.25) is 5.91 Å². The number of carbonyl (C=O) groups excluding carboxylic acids is 1. The number of hydrogen-bond donors (Lipinski definition) is 0. The van der Waals surface area contributed by atoms with E-state index in [4.69, 9.17) is 0 Å². The van der Waals surface area contributed by atoms with E-state index in [1.807, 2.05) is 4.90 Å². The van der Waals surface area contributed by atoms with Crippen LogP contribution in [0.4, 0.5) is 10.1 Å². The molecule has 72 valence electrons. The number of anilines is 1. The van der Waals surface area contributed by atoms with E-state index in [1.54, 1.807) is 12.1 Å². The maximum Gasteiger partial charge on any atom is 0.230 e. The molecule has 0 spiro atoms. The number of benzene rings is 1. The lowest BCUT2D eigenvalue weighted by Crippen LogP contribution is -2.29. The van der Waals surface area contributed by atoms with Gasteiger partial charge in [0.15, 0.2) is 0 Å². The Kier molecular flexibility index (Phi) is 1.46. The van der Waals surface area contributed by atoms with Gasteiger partial charge in [-0.2, -0.15) is 0 Å². The molecule has 2 aliphatic heterocycles. The number of hydrogen-bond acceptors (Lipinski definition) is 1.